The Balaban J connectivity index is 1.44. The van der Waals surface area contributed by atoms with Crippen LogP contribution in [0.1, 0.15) is 31.8 Å². The Labute approximate surface area is 218 Å². The van der Waals surface area contributed by atoms with Crippen LogP contribution in [0, 0.1) is 0 Å². The van der Waals surface area contributed by atoms with Gasteiger partial charge in [-0.15, -0.1) is 5.10 Å². The summed E-state index contributed by atoms with van der Waals surface area (Å²) in [5.74, 6) is 0.204. The summed E-state index contributed by atoms with van der Waals surface area (Å²) in [6, 6.07) is 31.0. The van der Waals surface area contributed by atoms with E-state index in [9.17, 15) is 14.7 Å². The molecule has 5 rings (SSSR count). The van der Waals surface area contributed by atoms with Crippen LogP contribution in [0.2, 0.25) is 0 Å². The Bertz CT molecular complexity index is 1520. The molecule has 0 atom stereocenters. The Kier molecular flexibility index (Phi) is 7.17. The molecule has 1 aromatic heterocycles. The van der Waals surface area contributed by atoms with Gasteiger partial charge in [0.25, 0.3) is 5.91 Å². The van der Waals surface area contributed by atoms with Gasteiger partial charge in [-0.3, -0.25) is 4.79 Å². The molecule has 5 aromatic rings. The maximum absolute atomic E-state index is 13.8. The van der Waals surface area contributed by atoms with Crippen LogP contribution >= 0.6 is 0 Å². The molecule has 2 N–H and O–H groups in total. The summed E-state index contributed by atoms with van der Waals surface area (Å²) in [4.78, 5) is 27.3. The number of nitrogens with one attached hydrogen (secondary N) is 1. The molecule has 9 nitrogen and oxygen atoms in total. The second-order valence-corrected chi connectivity index (χ2v) is 8.56. The zero-order chi connectivity index (χ0) is 26.3. The summed E-state index contributed by atoms with van der Waals surface area (Å²) >= 11 is 0. The second kappa shape index (κ2) is 11.2. The van der Waals surface area contributed by atoms with Crippen molar-refractivity contribution in [3.63, 3.8) is 0 Å². The number of carboxylic acids is 1. The Morgan fingerprint density at radius 3 is 2.00 bits per heavy atom. The highest BCUT2D eigenvalue weighted by Gasteiger charge is 2.21. The van der Waals surface area contributed by atoms with E-state index >= 15 is 0 Å². The van der Waals surface area contributed by atoms with Gasteiger partial charge in [-0.25, -0.2) is 9.89 Å². The highest BCUT2D eigenvalue weighted by Crippen LogP contribution is 2.24. The van der Waals surface area contributed by atoms with E-state index in [1.807, 2.05) is 84.9 Å². The normalized spacial score (nSPS) is 10.6. The molecule has 0 saturated heterocycles. The molecule has 1 heterocycles. The minimum absolute atomic E-state index is 0.0377. The van der Waals surface area contributed by atoms with Crippen LogP contribution in [0.5, 0.6) is 11.5 Å². The van der Waals surface area contributed by atoms with Gasteiger partial charge in [0.05, 0.1) is 5.56 Å². The summed E-state index contributed by atoms with van der Waals surface area (Å²) in [7, 11) is 0. The summed E-state index contributed by atoms with van der Waals surface area (Å²) in [6.07, 6.45) is 0. The number of aromatic nitrogens is 4. The summed E-state index contributed by atoms with van der Waals surface area (Å²) in [5.41, 5.74) is 2.42. The summed E-state index contributed by atoms with van der Waals surface area (Å²) in [6.45, 7) is 0.633. The van der Waals surface area contributed by atoms with Gasteiger partial charge in [-0.05, 0) is 64.0 Å². The van der Waals surface area contributed by atoms with Crippen LogP contribution in [0.15, 0.2) is 103 Å². The first kappa shape index (κ1) is 24.4. The number of carboxylic acid groups (broad SMARTS) is 1. The first-order chi connectivity index (χ1) is 18.5. The summed E-state index contributed by atoms with van der Waals surface area (Å²) in [5, 5.41) is 23.2. The van der Waals surface area contributed by atoms with E-state index in [0.717, 1.165) is 16.9 Å². The fraction of sp³-hybridized carbons (Fsp3) is 0.0690. The number of rotatable bonds is 9. The van der Waals surface area contributed by atoms with Crippen molar-refractivity contribution < 1.29 is 19.4 Å². The van der Waals surface area contributed by atoms with E-state index in [4.69, 9.17) is 4.74 Å². The fourth-order valence-corrected chi connectivity index (χ4v) is 3.99. The zero-order valence-electron chi connectivity index (χ0n) is 20.2. The number of hydrogen-bond donors (Lipinski definition) is 2. The molecule has 0 bridgehead atoms. The number of carbonyl (C=O) groups is 2. The summed E-state index contributed by atoms with van der Waals surface area (Å²) < 4.78 is 5.88. The molecule has 188 valence electrons. The molecular formula is C29H23N5O4. The molecule has 38 heavy (non-hydrogen) atoms. The van der Waals surface area contributed by atoms with Crippen molar-refractivity contribution in [3.05, 3.63) is 125 Å². The number of H-pyrrole nitrogens is 1. The Hall–Kier alpha value is -5.31. The molecular weight excluding hydrogens is 482 g/mol. The molecule has 9 heteroatoms. The number of tetrazole rings is 1. The predicted molar refractivity (Wildman–Crippen MR) is 140 cm³/mol. The first-order valence-corrected chi connectivity index (χ1v) is 11.8. The van der Waals surface area contributed by atoms with E-state index < -0.39 is 5.97 Å². The van der Waals surface area contributed by atoms with Crippen LogP contribution in [0.4, 0.5) is 0 Å². The highest BCUT2D eigenvalue weighted by atomic mass is 16.5. The Morgan fingerprint density at radius 1 is 0.763 bits per heavy atom. The molecule has 0 spiro atoms. The second-order valence-electron chi connectivity index (χ2n) is 8.56. The quantitative estimate of drug-likeness (QED) is 0.282. The van der Waals surface area contributed by atoms with Gasteiger partial charge < -0.3 is 14.7 Å². The largest absolute Gasteiger partial charge is 0.478 e. The predicted octanol–water partition coefficient (Wildman–Crippen LogP) is 5.20. The number of aromatic carboxylic acids is 1. The molecule has 0 saturated carbocycles. The third-order valence-electron chi connectivity index (χ3n) is 5.82. The topological polar surface area (TPSA) is 121 Å². The molecule has 0 radical (unpaired) electrons. The number of nitrogens with zero attached hydrogens (tertiary/aromatic N) is 4. The SMILES string of the molecule is O=C(O)c1cc(C(=O)N(Cc2ccccc2)Cc2ccc(Oc3ccccc3)cc2)cc(-c2nnn[nH]2)c1. The smallest absolute Gasteiger partial charge is 0.335 e. The van der Waals surface area contributed by atoms with Gasteiger partial charge in [0.15, 0.2) is 5.82 Å². The third kappa shape index (κ3) is 5.90. The maximum Gasteiger partial charge on any atom is 0.335 e. The molecule has 1 amide bonds. The third-order valence-corrected chi connectivity index (χ3v) is 5.82. The van der Waals surface area contributed by atoms with Crippen LogP contribution in [0.25, 0.3) is 11.4 Å². The number of para-hydroxylation sites is 1. The first-order valence-electron chi connectivity index (χ1n) is 11.8. The van der Waals surface area contributed by atoms with Crippen LogP contribution in [-0.2, 0) is 13.1 Å². The van der Waals surface area contributed by atoms with Gasteiger partial charge in [0, 0.05) is 24.2 Å². The Morgan fingerprint density at radius 2 is 1.37 bits per heavy atom. The number of hydrogen-bond acceptors (Lipinski definition) is 6. The number of carbonyl (C=O) groups excluding carboxylic acids is 1. The van der Waals surface area contributed by atoms with Crippen molar-refractivity contribution in [1.82, 2.24) is 25.5 Å². The van der Waals surface area contributed by atoms with Crippen LogP contribution in [-0.4, -0.2) is 42.5 Å². The number of aromatic amines is 1. The van der Waals surface area contributed by atoms with Gasteiger partial charge >= 0.3 is 5.97 Å². The van der Waals surface area contributed by atoms with Crippen molar-refractivity contribution in [2.45, 2.75) is 13.1 Å². The van der Waals surface area contributed by atoms with Gasteiger partial charge in [-0.2, -0.15) is 0 Å². The fourth-order valence-electron chi connectivity index (χ4n) is 3.99. The van der Waals surface area contributed by atoms with E-state index in [1.165, 1.54) is 12.1 Å². The van der Waals surface area contributed by atoms with E-state index in [0.29, 0.717) is 24.4 Å². The van der Waals surface area contributed by atoms with Crippen molar-refractivity contribution >= 4 is 11.9 Å². The molecule has 0 aliphatic rings. The monoisotopic (exact) mass is 505 g/mol. The van der Waals surface area contributed by atoms with Crippen molar-refractivity contribution in [2.24, 2.45) is 0 Å². The number of benzene rings is 4. The van der Waals surface area contributed by atoms with Crippen LogP contribution < -0.4 is 4.74 Å². The molecule has 0 aliphatic heterocycles. The van der Waals surface area contributed by atoms with Crippen molar-refractivity contribution in [2.75, 3.05) is 0 Å². The minimum Gasteiger partial charge on any atom is -0.478 e. The van der Waals surface area contributed by atoms with Gasteiger partial charge in [0.1, 0.15) is 11.5 Å². The van der Waals surface area contributed by atoms with E-state index in [2.05, 4.69) is 20.6 Å². The molecule has 0 aliphatic carbocycles. The average Bonchev–Trinajstić information content (AvgIpc) is 3.50. The highest BCUT2D eigenvalue weighted by molar-refractivity contribution is 5.99. The standard InChI is InChI=1S/C29H23N5O4/c35-28(23-15-22(27-30-32-33-31-27)16-24(17-23)29(36)37)34(18-20-7-3-1-4-8-20)19-21-11-13-26(14-12-21)38-25-9-5-2-6-10-25/h1-17H,18-19H2,(H,36,37)(H,30,31,32,33). The lowest BCUT2D eigenvalue weighted by Gasteiger charge is -2.24. The van der Waals surface area contributed by atoms with Crippen LogP contribution in [0.3, 0.4) is 0 Å². The lowest BCUT2D eigenvalue weighted by atomic mass is 10.0. The lowest BCUT2D eigenvalue weighted by molar-refractivity contribution is 0.0697. The van der Waals surface area contributed by atoms with Crippen molar-refractivity contribution in [1.29, 1.82) is 0 Å². The number of ether oxygens (including phenoxy) is 1. The molecule has 4 aromatic carbocycles. The maximum atomic E-state index is 13.8. The zero-order valence-corrected chi connectivity index (χ0v) is 20.2. The average molecular weight is 506 g/mol. The lowest BCUT2D eigenvalue weighted by Crippen LogP contribution is -2.30. The van der Waals surface area contributed by atoms with E-state index in [1.54, 1.807) is 11.0 Å². The molecule has 0 fully saturated rings. The van der Waals surface area contributed by atoms with Crippen molar-refractivity contribution in [3.8, 4) is 22.9 Å². The van der Waals surface area contributed by atoms with Gasteiger partial charge in [-0.1, -0.05) is 60.7 Å². The van der Waals surface area contributed by atoms with E-state index in [-0.39, 0.29) is 22.9 Å². The van der Waals surface area contributed by atoms with Gasteiger partial charge in [0.2, 0.25) is 0 Å². The number of amides is 1. The molecule has 0 unspecified atom stereocenters. The minimum atomic E-state index is -1.16.